The fourth-order valence-electron chi connectivity index (χ4n) is 2.26. The van der Waals surface area contributed by atoms with Crippen LogP contribution in [-0.2, 0) is 9.47 Å². The van der Waals surface area contributed by atoms with Gasteiger partial charge in [0, 0.05) is 11.8 Å². The molecule has 0 unspecified atom stereocenters. The summed E-state index contributed by atoms with van der Waals surface area (Å²) in [5.41, 5.74) is 1.25. The molecular formula is C18H19NO5. The topological polar surface area (TPSA) is 74.7 Å². The van der Waals surface area contributed by atoms with Crippen molar-refractivity contribution in [1.29, 1.82) is 0 Å². The van der Waals surface area contributed by atoms with Gasteiger partial charge in [-0.05, 0) is 13.8 Å². The van der Waals surface area contributed by atoms with Gasteiger partial charge >= 0.3 is 11.9 Å². The zero-order valence-electron chi connectivity index (χ0n) is 13.9. The van der Waals surface area contributed by atoms with Crippen LogP contribution < -0.4 is 4.74 Å². The van der Waals surface area contributed by atoms with Gasteiger partial charge in [-0.25, -0.2) is 9.59 Å². The molecule has 0 aliphatic carbocycles. The van der Waals surface area contributed by atoms with Gasteiger partial charge in [0.25, 0.3) is 0 Å². The first kappa shape index (κ1) is 17.5. The fourth-order valence-corrected chi connectivity index (χ4v) is 2.26. The van der Waals surface area contributed by atoms with E-state index >= 15 is 0 Å². The van der Waals surface area contributed by atoms with Gasteiger partial charge in [-0.15, -0.1) is 0 Å². The Balaban J connectivity index is 2.67. The Morgan fingerprint density at radius 1 is 1.00 bits per heavy atom. The molecule has 0 saturated carbocycles. The predicted molar refractivity (Wildman–Crippen MR) is 88.1 cm³/mol. The summed E-state index contributed by atoms with van der Waals surface area (Å²) in [6.07, 6.45) is 1.31. The van der Waals surface area contributed by atoms with E-state index in [1.807, 2.05) is 30.3 Å². The lowest BCUT2D eigenvalue weighted by atomic mass is 10.0. The molecule has 0 radical (unpaired) electrons. The second-order valence-corrected chi connectivity index (χ2v) is 4.74. The molecule has 1 aromatic carbocycles. The van der Waals surface area contributed by atoms with Crippen molar-refractivity contribution in [3.63, 3.8) is 0 Å². The second-order valence-electron chi connectivity index (χ2n) is 4.74. The average molecular weight is 329 g/mol. The van der Waals surface area contributed by atoms with Crippen molar-refractivity contribution >= 4 is 11.9 Å². The molecule has 126 valence electrons. The molecule has 0 N–H and O–H groups in total. The number of carbonyl (C=O) groups is 2. The lowest BCUT2D eigenvalue weighted by Crippen LogP contribution is -2.17. The van der Waals surface area contributed by atoms with Crippen molar-refractivity contribution in [3.05, 3.63) is 47.7 Å². The third-order valence-corrected chi connectivity index (χ3v) is 3.26. The van der Waals surface area contributed by atoms with E-state index in [0.717, 1.165) is 5.56 Å². The molecule has 0 aliphatic rings. The van der Waals surface area contributed by atoms with Crippen molar-refractivity contribution in [2.24, 2.45) is 0 Å². The molecule has 1 heterocycles. The summed E-state index contributed by atoms with van der Waals surface area (Å²) in [6, 6.07) is 9.24. The maximum Gasteiger partial charge on any atom is 0.342 e. The number of carbonyl (C=O) groups excluding carboxylic acids is 2. The van der Waals surface area contributed by atoms with E-state index in [1.54, 1.807) is 13.8 Å². The minimum atomic E-state index is -0.656. The molecule has 2 aromatic rings. The van der Waals surface area contributed by atoms with Crippen LogP contribution in [-0.4, -0.2) is 37.2 Å². The van der Waals surface area contributed by atoms with Crippen LogP contribution in [0.3, 0.4) is 0 Å². The van der Waals surface area contributed by atoms with Crippen molar-refractivity contribution in [2.75, 3.05) is 20.3 Å². The number of esters is 2. The third kappa shape index (κ3) is 3.53. The van der Waals surface area contributed by atoms with Crippen LogP contribution in [0.25, 0.3) is 11.3 Å². The molecule has 6 nitrogen and oxygen atoms in total. The average Bonchev–Trinajstić information content (AvgIpc) is 2.61. The van der Waals surface area contributed by atoms with Gasteiger partial charge in [-0.3, -0.25) is 4.98 Å². The normalized spacial score (nSPS) is 10.1. The Bertz CT molecular complexity index is 728. The quantitative estimate of drug-likeness (QED) is 0.758. The predicted octanol–water partition coefficient (Wildman–Crippen LogP) is 3.11. The highest BCUT2D eigenvalue weighted by Gasteiger charge is 2.27. The maximum atomic E-state index is 12.4. The number of ether oxygens (including phenoxy) is 3. The molecule has 0 aliphatic heterocycles. The summed E-state index contributed by atoms with van der Waals surface area (Å²) < 4.78 is 15.5. The molecular weight excluding hydrogens is 310 g/mol. The van der Waals surface area contributed by atoms with Crippen LogP contribution >= 0.6 is 0 Å². The second kappa shape index (κ2) is 8.10. The molecule has 0 spiro atoms. The molecule has 0 atom stereocenters. The number of rotatable bonds is 6. The zero-order chi connectivity index (χ0) is 17.5. The summed E-state index contributed by atoms with van der Waals surface area (Å²) in [7, 11) is 1.42. The van der Waals surface area contributed by atoms with Gasteiger partial charge in [-0.2, -0.15) is 0 Å². The Morgan fingerprint density at radius 2 is 1.62 bits per heavy atom. The van der Waals surface area contributed by atoms with E-state index in [4.69, 9.17) is 14.2 Å². The first-order valence-corrected chi connectivity index (χ1v) is 7.60. The van der Waals surface area contributed by atoms with Gasteiger partial charge in [-0.1, -0.05) is 30.3 Å². The molecule has 0 fully saturated rings. The largest absolute Gasteiger partial charge is 0.494 e. The number of hydrogen-bond donors (Lipinski definition) is 0. The molecule has 0 amide bonds. The lowest BCUT2D eigenvalue weighted by Gasteiger charge is -2.15. The van der Waals surface area contributed by atoms with Crippen molar-refractivity contribution < 1.29 is 23.8 Å². The molecule has 0 bridgehead atoms. The molecule has 1 aromatic heterocycles. The summed E-state index contributed by atoms with van der Waals surface area (Å²) >= 11 is 0. The summed E-state index contributed by atoms with van der Waals surface area (Å²) in [6.45, 7) is 3.73. The minimum absolute atomic E-state index is 0.0200. The fraction of sp³-hybridized carbons (Fsp3) is 0.278. The van der Waals surface area contributed by atoms with E-state index in [9.17, 15) is 9.59 Å². The highest BCUT2D eigenvalue weighted by molar-refractivity contribution is 6.06. The standard InChI is InChI=1S/C18H19NO5/c1-4-23-17(20)13-11-19-15(12-9-7-6-8-10-12)16(22-3)14(13)18(21)24-5-2/h6-11H,4-5H2,1-3H3. The number of pyridine rings is 1. The van der Waals surface area contributed by atoms with Crippen molar-refractivity contribution in [1.82, 2.24) is 4.98 Å². The highest BCUT2D eigenvalue weighted by atomic mass is 16.5. The number of nitrogens with zero attached hydrogens (tertiary/aromatic N) is 1. The highest BCUT2D eigenvalue weighted by Crippen LogP contribution is 2.34. The van der Waals surface area contributed by atoms with E-state index in [2.05, 4.69) is 4.98 Å². The Hall–Kier alpha value is -2.89. The Morgan fingerprint density at radius 3 is 2.21 bits per heavy atom. The van der Waals surface area contributed by atoms with Gasteiger partial charge in [0.05, 0.1) is 25.9 Å². The first-order valence-electron chi connectivity index (χ1n) is 7.60. The smallest absolute Gasteiger partial charge is 0.342 e. The first-order chi connectivity index (χ1) is 11.6. The Kier molecular flexibility index (Phi) is 5.89. The number of hydrogen-bond acceptors (Lipinski definition) is 6. The SMILES string of the molecule is CCOC(=O)c1cnc(-c2ccccc2)c(OC)c1C(=O)OCC. The minimum Gasteiger partial charge on any atom is -0.494 e. The van der Waals surface area contributed by atoms with Crippen LogP contribution in [0.2, 0.25) is 0 Å². The van der Waals surface area contributed by atoms with Crippen LogP contribution in [0.5, 0.6) is 5.75 Å². The molecule has 0 saturated heterocycles. The molecule has 6 heteroatoms. The molecule has 24 heavy (non-hydrogen) atoms. The van der Waals surface area contributed by atoms with E-state index in [0.29, 0.717) is 5.69 Å². The van der Waals surface area contributed by atoms with E-state index < -0.39 is 11.9 Å². The van der Waals surface area contributed by atoms with Gasteiger partial charge < -0.3 is 14.2 Å². The van der Waals surface area contributed by atoms with Gasteiger partial charge in [0.2, 0.25) is 0 Å². The van der Waals surface area contributed by atoms with Crippen LogP contribution in [0, 0.1) is 0 Å². The maximum absolute atomic E-state index is 12.4. The van der Waals surface area contributed by atoms with Gasteiger partial charge in [0.15, 0.2) is 5.75 Å². The number of methoxy groups -OCH3 is 1. The summed E-state index contributed by atoms with van der Waals surface area (Å²) in [5.74, 6) is -1.12. The van der Waals surface area contributed by atoms with Crippen LogP contribution in [0.1, 0.15) is 34.6 Å². The lowest BCUT2D eigenvalue weighted by molar-refractivity contribution is 0.0475. The summed E-state index contributed by atoms with van der Waals surface area (Å²) in [5, 5.41) is 0. The third-order valence-electron chi connectivity index (χ3n) is 3.26. The number of benzene rings is 1. The van der Waals surface area contributed by atoms with Crippen LogP contribution in [0.4, 0.5) is 0 Å². The van der Waals surface area contributed by atoms with Gasteiger partial charge in [0.1, 0.15) is 11.3 Å². The van der Waals surface area contributed by atoms with E-state index in [1.165, 1.54) is 13.3 Å². The van der Waals surface area contributed by atoms with Crippen LogP contribution in [0.15, 0.2) is 36.5 Å². The Labute approximate surface area is 140 Å². The summed E-state index contributed by atoms with van der Waals surface area (Å²) in [4.78, 5) is 28.9. The number of aromatic nitrogens is 1. The van der Waals surface area contributed by atoms with E-state index in [-0.39, 0.29) is 30.1 Å². The van der Waals surface area contributed by atoms with Crippen molar-refractivity contribution in [2.45, 2.75) is 13.8 Å². The molecule has 2 rings (SSSR count). The monoisotopic (exact) mass is 329 g/mol. The zero-order valence-corrected chi connectivity index (χ0v) is 13.9. The van der Waals surface area contributed by atoms with Crippen molar-refractivity contribution in [3.8, 4) is 17.0 Å².